The molecule has 2 aliphatic rings. The summed E-state index contributed by atoms with van der Waals surface area (Å²) in [5.74, 6) is -1.15. The molecule has 7 amide bonds. The van der Waals surface area contributed by atoms with E-state index in [4.69, 9.17) is 31.5 Å². The summed E-state index contributed by atoms with van der Waals surface area (Å²) >= 11 is 6.01. The Hall–Kier alpha value is -6.90. The molecule has 4 aromatic rings. The minimum atomic E-state index is -1.32. The Morgan fingerprint density at radius 2 is 1.61 bits per heavy atom. The van der Waals surface area contributed by atoms with Crippen LogP contribution in [0.2, 0.25) is 5.02 Å². The fourth-order valence-corrected chi connectivity index (χ4v) is 8.45. The molecule has 72 heavy (non-hydrogen) atoms. The average molecular weight is 1020 g/mol. The Morgan fingerprint density at radius 1 is 0.861 bits per heavy atom. The van der Waals surface area contributed by atoms with Crippen LogP contribution in [0.15, 0.2) is 73.1 Å². The number of nitrogens with zero attached hydrogens (tertiary/aromatic N) is 4. The lowest BCUT2D eigenvalue weighted by Gasteiger charge is -2.39. The highest BCUT2D eigenvalue weighted by Crippen LogP contribution is 2.42. The molecule has 1 aliphatic carbocycles. The van der Waals surface area contributed by atoms with Crippen LogP contribution in [0.5, 0.6) is 11.5 Å². The molecular weight excluding hydrogens is 951 g/mol. The summed E-state index contributed by atoms with van der Waals surface area (Å²) in [5.41, 5.74) is 6.58. The van der Waals surface area contributed by atoms with E-state index >= 15 is 0 Å². The van der Waals surface area contributed by atoms with Gasteiger partial charge < -0.3 is 46.5 Å². The summed E-state index contributed by atoms with van der Waals surface area (Å²) in [4.78, 5) is 88.4. The van der Waals surface area contributed by atoms with Crippen LogP contribution in [0.25, 0.3) is 10.9 Å². The van der Waals surface area contributed by atoms with E-state index in [9.17, 15) is 33.2 Å². The minimum Gasteiger partial charge on any atom is -0.493 e. The average Bonchev–Trinajstić information content (AvgIpc) is 3.67. The molecule has 1 saturated carbocycles. The lowest BCUT2D eigenvalue weighted by molar-refractivity contribution is -0.151. The number of rotatable bonds is 30. The van der Waals surface area contributed by atoms with Crippen LogP contribution in [-0.2, 0) is 35.3 Å². The number of methoxy groups -OCH3 is 1. The number of carbonyl (C=O) groups excluding carboxylic acids is 6. The number of hydrogen-bond acceptors (Lipinski definition) is 13. The summed E-state index contributed by atoms with van der Waals surface area (Å²) in [6.45, 7) is 6.28. The summed E-state index contributed by atoms with van der Waals surface area (Å²) in [6, 6.07) is 13.6. The maximum absolute atomic E-state index is 13.9. The third-order valence-electron chi connectivity index (χ3n) is 12.4. The van der Waals surface area contributed by atoms with Crippen LogP contribution in [0.4, 0.5) is 26.4 Å². The zero-order chi connectivity index (χ0) is 51.5. The molecule has 386 valence electrons. The van der Waals surface area contributed by atoms with Crippen molar-refractivity contribution < 1.29 is 47.4 Å². The summed E-state index contributed by atoms with van der Waals surface area (Å²) < 4.78 is 31.6. The second-order valence-electron chi connectivity index (χ2n) is 17.6. The molecule has 19 nitrogen and oxygen atoms in total. The fraction of sp³-hybridized carbons (Fsp3) is 0.451. The maximum Gasteiger partial charge on any atom is 0.312 e. The van der Waals surface area contributed by atoms with Crippen molar-refractivity contribution in [2.75, 3.05) is 70.3 Å². The zero-order valence-corrected chi connectivity index (χ0v) is 41.5. The van der Waals surface area contributed by atoms with Crippen molar-refractivity contribution in [3.8, 4) is 11.5 Å². The molecule has 1 aliphatic heterocycles. The fourth-order valence-electron chi connectivity index (χ4n) is 8.27. The minimum absolute atomic E-state index is 0.0214. The van der Waals surface area contributed by atoms with Crippen molar-refractivity contribution in [1.29, 1.82) is 0 Å². The number of aromatic nitrogens is 2. The van der Waals surface area contributed by atoms with Crippen LogP contribution in [0.3, 0.4) is 0 Å². The number of carbonyl (C=O) groups is 6. The predicted octanol–water partition coefficient (Wildman–Crippen LogP) is 6.13. The van der Waals surface area contributed by atoms with Gasteiger partial charge in [0.25, 0.3) is 11.8 Å². The number of imide groups is 1. The molecule has 3 aromatic carbocycles. The van der Waals surface area contributed by atoms with Gasteiger partial charge in [0.2, 0.25) is 17.7 Å². The first-order chi connectivity index (χ1) is 34.8. The summed E-state index contributed by atoms with van der Waals surface area (Å²) in [6.07, 6.45) is 9.10. The molecule has 1 aromatic heterocycles. The van der Waals surface area contributed by atoms with Gasteiger partial charge in [-0.1, -0.05) is 37.1 Å². The van der Waals surface area contributed by atoms with Crippen molar-refractivity contribution in [1.82, 2.24) is 35.7 Å². The second-order valence-corrected chi connectivity index (χ2v) is 18.1. The highest BCUT2D eigenvalue weighted by Gasteiger charge is 2.51. The van der Waals surface area contributed by atoms with Gasteiger partial charge in [0.1, 0.15) is 29.4 Å². The van der Waals surface area contributed by atoms with Crippen molar-refractivity contribution in [2.24, 2.45) is 11.1 Å². The number of amides is 7. The number of unbranched alkanes of at least 4 members (excludes halogenated alkanes) is 2. The molecule has 0 unspecified atom stereocenters. The Labute approximate surface area is 423 Å². The summed E-state index contributed by atoms with van der Waals surface area (Å²) in [7, 11) is 1.56. The van der Waals surface area contributed by atoms with Gasteiger partial charge in [-0.25, -0.2) is 19.2 Å². The van der Waals surface area contributed by atoms with Gasteiger partial charge in [-0.2, -0.15) is 0 Å². The predicted molar refractivity (Wildman–Crippen MR) is 270 cm³/mol. The van der Waals surface area contributed by atoms with Crippen LogP contribution < -0.4 is 41.8 Å². The number of halogens is 2. The highest BCUT2D eigenvalue weighted by atomic mass is 35.5. The molecule has 0 radical (unpaired) electrons. The molecule has 2 heterocycles. The van der Waals surface area contributed by atoms with Crippen molar-refractivity contribution in [2.45, 2.75) is 83.7 Å². The van der Waals surface area contributed by atoms with E-state index in [1.807, 2.05) is 12.1 Å². The van der Waals surface area contributed by atoms with Crippen LogP contribution in [-0.4, -0.2) is 121 Å². The maximum atomic E-state index is 13.9. The Balaban J connectivity index is 1.03. The highest BCUT2D eigenvalue weighted by molar-refractivity contribution is 6.31. The van der Waals surface area contributed by atoms with Gasteiger partial charge in [0.15, 0.2) is 11.5 Å². The molecule has 1 fully saturated rings. The molecule has 6 rings (SSSR count). The summed E-state index contributed by atoms with van der Waals surface area (Å²) in [5, 5.41) is 15.0. The third-order valence-corrected chi connectivity index (χ3v) is 12.7. The normalized spacial score (nSPS) is 14.2. The Bertz CT molecular complexity index is 2550. The van der Waals surface area contributed by atoms with Crippen LogP contribution in [0.1, 0.15) is 76.7 Å². The SMILES string of the molecule is CCCOCCN(CCCOc1cc2c(Nc3ccc(F)c(Cl)c3)ncnc2cc1OC)Cc1ccc(NC(=O)[C@H](CCCNC(N)=O)NC(=O)C2(C(=O)NCCCCCN3C(=O)C=CC3=O)CCC2)cc1. The smallest absolute Gasteiger partial charge is 0.312 e. The topological polar surface area (TPSA) is 249 Å². The van der Waals surface area contributed by atoms with Crippen molar-refractivity contribution in [3.05, 3.63) is 89.5 Å². The monoisotopic (exact) mass is 1010 g/mol. The lowest BCUT2D eigenvalue weighted by Crippen LogP contribution is -2.58. The Kier molecular flexibility index (Phi) is 20.5. The molecule has 0 spiro atoms. The van der Waals surface area contributed by atoms with Gasteiger partial charge in [-0.15, -0.1) is 0 Å². The second kappa shape index (κ2) is 27.1. The van der Waals surface area contributed by atoms with E-state index in [0.717, 1.165) is 12.0 Å². The van der Waals surface area contributed by atoms with E-state index in [-0.39, 0.29) is 29.8 Å². The number of primary amides is 1. The largest absolute Gasteiger partial charge is 0.493 e. The van der Waals surface area contributed by atoms with Gasteiger partial charge >= 0.3 is 6.03 Å². The van der Waals surface area contributed by atoms with E-state index in [1.165, 1.54) is 35.5 Å². The number of nitrogens with two attached hydrogens (primary N) is 1. The van der Waals surface area contributed by atoms with Gasteiger partial charge in [0, 0.05) is 80.9 Å². The third kappa shape index (κ3) is 15.3. The first kappa shape index (κ1) is 54.4. The lowest BCUT2D eigenvalue weighted by atomic mass is 9.67. The molecule has 0 saturated heterocycles. The number of hydrogen-bond donors (Lipinski definition) is 6. The molecule has 1 atom stereocenters. The number of nitrogens with one attached hydrogen (secondary N) is 5. The number of urea groups is 1. The molecule has 7 N–H and O–H groups in total. The van der Waals surface area contributed by atoms with Gasteiger partial charge in [-0.05, 0) is 99.7 Å². The van der Waals surface area contributed by atoms with E-state index in [2.05, 4.69) is 48.4 Å². The first-order valence-electron chi connectivity index (χ1n) is 24.3. The molecule has 21 heteroatoms. The number of ether oxygens (including phenoxy) is 3. The first-order valence-corrected chi connectivity index (χ1v) is 24.7. The molecular formula is C51H64ClFN10O9. The quantitative estimate of drug-likeness (QED) is 0.0196. The zero-order valence-electron chi connectivity index (χ0n) is 40.7. The standard InChI is InChI=1S/C51H64ClFN10O9/c1-3-26-71-28-25-62(23-9-27-72-43-30-37-41(31-42(43)70-2)57-33-58-46(37)59-36-15-16-39(53)38(52)29-36)32-34-11-13-35(14-12-34)60-47(66)40(10-7-22-56-50(54)69)61-49(68)51(19-8-20-51)48(67)55-21-5-4-6-24-63-44(64)17-18-45(63)65/h11-18,29-31,33,40H,3-10,19-28,32H2,1-2H3,(H,55,67)(H,60,66)(H,61,68)(H3,54,56,69)(H,57,58,59)/t40-/m0/s1. The Morgan fingerprint density at radius 3 is 2.31 bits per heavy atom. The number of anilines is 3. The van der Waals surface area contributed by atoms with Crippen molar-refractivity contribution in [3.63, 3.8) is 0 Å². The van der Waals surface area contributed by atoms with Crippen LogP contribution >= 0.6 is 11.6 Å². The van der Waals surface area contributed by atoms with Crippen molar-refractivity contribution >= 4 is 75.3 Å². The van der Waals surface area contributed by atoms with Gasteiger partial charge in [0.05, 0.1) is 30.9 Å². The number of fused-ring (bicyclic) bond motifs is 1. The number of benzene rings is 3. The van der Waals surface area contributed by atoms with E-state index in [1.54, 1.807) is 37.4 Å². The van der Waals surface area contributed by atoms with Gasteiger partial charge in [-0.3, -0.25) is 33.8 Å². The van der Waals surface area contributed by atoms with E-state index in [0.29, 0.717) is 144 Å². The molecule has 0 bridgehead atoms. The van der Waals surface area contributed by atoms with E-state index < -0.39 is 41.0 Å². The van der Waals surface area contributed by atoms with Crippen LogP contribution in [0, 0.1) is 11.2 Å².